The fourth-order valence-corrected chi connectivity index (χ4v) is 4.67. The number of nitrogens with zero attached hydrogens (tertiary/aromatic N) is 1. The number of hydrogen-bond acceptors (Lipinski definition) is 4. The van der Waals surface area contributed by atoms with Crippen molar-refractivity contribution in [2.24, 2.45) is 17.3 Å². The molecule has 1 saturated carbocycles. The molecule has 0 aliphatic heterocycles. The molecule has 0 amide bonds. The minimum atomic E-state index is -0.477. The third kappa shape index (κ3) is 4.80. The first kappa shape index (κ1) is 20.5. The maximum atomic E-state index is 10.3. The first-order chi connectivity index (χ1) is 12.9. The monoisotopic (exact) mass is 372 g/mol. The summed E-state index contributed by atoms with van der Waals surface area (Å²) in [6.07, 6.45) is 4.40. The first-order valence-corrected chi connectivity index (χ1v) is 10.3. The fourth-order valence-electron chi connectivity index (χ4n) is 4.67. The molecule has 0 aromatic heterocycles. The lowest BCUT2D eigenvalue weighted by molar-refractivity contribution is -0.0235. The van der Waals surface area contributed by atoms with Crippen LogP contribution in [0, 0.1) is 17.3 Å². The van der Waals surface area contributed by atoms with E-state index in [1.54, 1.807) is 0 Å². The second kappa shape index (κ2) is 8.87. The largest absolute Gasteiger partial charge is 0.389 e. The SMILES string of the molecule is CN(C)[C@@H](CNC[C@@H](O)COCC1=CC[C@H]2C[C@H]1C2(C)C)c1ccccc1. The van der Waals surface area contributed by atoms with Crippen LogP contribution < -0.4 is 5.32 Å². The molecule has 0 heterocycles. The van der Waals surface area contributed by atoms with E-state index in [0.717, 1.165) is 12.5 Å². The number of fused-ring (bicyclic) bond motifs is 1. The quantitative estimate of drug-likeness (QED) is 0.619. The Morgan fingerprint density at radius 2 is 1.96 bits per heavy atom. The standard InChI is InChI=1S/C23H36N2O2/c1-23(2)19-11-10-18(21(23)12-19)15-27-16-20(26)13-24-14-22(25(3)4)17-8-6-5-7-9-17/h5-10,19-22,24,26H,11-16H2,1-4H3/t19-,20+,21+,22-/m0/s1. The third-order valence-corrected chi connectivity index (χ3v) is 6.69. The van der Waals surface area contributed by atoms with Crippen LogP contribution in [-0.2, 0) is 4.74 Å². The van der Waals surface area contributed by atoms with Gasteiger partial charge in [-0.1, -0.05) is 50.3 Å². The van der Waals surface area contributed by atoms with Crippen molar-refractivity contribution in [2.75, 3.05) is 40.4 Å². The molecular weight excluding hydrogens is 336 g/mol. The van der Waals surface area contributed by atoms with Gasteiger partial charge < -0.3 is 20.1 Å². The second-order valence-corrected chi connectivity index (χ2v) is 9.04. The van der Waals surface area contributed by atoms with Gasteiger partial charge in [-0.25, -0.2) is 0 Å². The van der Waals surface area contributed by atoms with Crippen molar-refractivity contribution in [3.63, 3.8) is 0 Å². The Morgan fingerprint density at radius 3 is 2.59 bits per heavy atom. The molecule has 4 atom stereocenters. The molecule has 1 aromatic carbocycles. The van der Waals surface area contributed by atoms with Crippen molar-refractivity contribution >= 4 is 0 Å². The Balaban J connectivity index is 1.36. The molecule has 0 spiro atoms. The molecule has 150 valence electrons. The number of aliphatic hydroxyl groups is 1. The van der Waals surface area contributed by atoms with Crippen molar-refractivity contribution in [1.29, 1.82) is 0 Å². The van der Waals surface area contributed by atoms with Crippen LogP contribution in [0.25, 0.3) is 0 Å². The van der Waals surface area contributed by atoms with E-state index in [2.05, 4.69) is 68.5 Å². The molecule has 4 nitrogen and oxygen atoms in total. The highest BCUT2D eigenvalue weighted by atomic mass is 16.5. The van der Waals surface area contributed by atoms with E-state index >= 15 is 0 Å². The molecule has 3 aliphatic rings. The van der Waals surface area contributed by atoms with Crippen LogP contribution in [0.5, 0.6) is 0 Å². The summed E-state index contributed by atoms with van der Waals surface area (Å²) in [6, 6.07) is 10.8. The van der Waals surface area contributed by atoms with E-state index in [-0.39, 0.29) is 0 Å². The number of likely N-dealkylation sites (N-methyl/N-ethyl adjacent to an activating group) is 1. The average molecular weight is 373 g/mol. The first-order valence-electron chi connectivity index (χ1n) is 10.3. The average Bonchev–Trinajstić information content (AvgIpc) is 2.65. The van der Waals surface area contributed by atoms with Gasteiger partial charge in [0, 0.05) is 19.1 Å². The van der Waals surface area contributed by atoms with Gasteiger partial charge in [-0.15, -0.1) is 0 Å². The molecule has 2 bridgehead atoms. The predicted octanol–water partition coefficient (Wildman–Crippen LogP) is 3.25. The van der Waals surface area contributed by atoms with Crippen LogP contribution >= 0.6 is 0 Å². The maximum absolute atomic E-state index is 10.3. The summed E-state index contributed by atoms with van der Waals surface area (Å²) < 4.78 is 5.84. The second-order valence-electron chi connectivity index (χ2n) is 9.04. The molecule has 1 fully saturated rings. The van der Waals surface area contributed by atoms with Gasteiger partial charge in [0.1, 0.15) is 0 Å². The zero-order valence-electron chi connectivity index (χ0n) is 17.3. The molecule has 4 heteroatoms. The van der Waals surface area contributed by atoms with Crippen LogP contribution in [-0.4, -0.2) is 56.5 Å². The number of benzene rings is 1. The topological polar surface area (TPSA) is 44.7 Å². The summed E-state index contributed by atoms with van der Waals surface area (Å²) in [5.74, 6) is 1.54. The van der Waals surface area contributed by atoms with Crippen LogP contribution in [0.4, 0.5) is 0 Å². The molecule has 27 heavy (non-hydrogen) atoms. The minimum Gasteiger partial charge on any atom is -0.389 e. The van der Waals surface area contributed by atoms with E-state index in [0.29, 0.717) is 37.1 Å². The van der Waals surface area contributed by atoms with Crippen LogP contribution in [0.1, 0.15) is 38.3 Å². The predicted molar refractivity (Wildman–Crippen MR) is 111 cm³/mol. The Hall–Kier alpha value is -1.20. The molecule has 3 aliphatic carbocycles. The van der Waals surface area contributed by atoms with Crippen molar-refractivity contribution in [3.8, 4) is 0 Å². The van der Waals surface area contributed by atoms with Gasteiger partial charge in [-0.05, 0) is 55.3 Å². The van der Waals surface area contributed by atoms with Gasteiger partial charge in [0.25, 0.3) is 0 Å². The molecule has 2 N–H and O–H groups in total. The van der Waals surface area contributed by atoms with Crippen LogP contribution in [0.2, 0.25) is 0 Å². The zero-order chi connectivity index (χ0) is 19.4. The van der Waals surface area contributed by atoms with E-state index in [1.807, 2.05) is 6.07 Å². The Labute approximate surface area is 164 Å². The third-order valence-electron chi connectivity index (χ3n) is 6.69. The van der Waals surface area contributed by atoms with Crippen molar-refractivity contribution in [1.82, 2.24) is 10.2 Å². The molecule has 4 rings (SSSR count). The Bertz CT molecular complexity index is 627. The highest BCUT2D eigenvalue weighted by molar-refractivity contribution is 5.23. The summed E-state index contributed by atoms with van der Waals surface area (Å²) in [5, 5.41) is 13.7. The number of hydrogen-bond donors (Lipinski definition) is 2. The smallest absolute Gasteiger partial charge is 0.0897 e. The van der Waals surface area contributed by atoms with Gasteiger partial charge in [-0.3, -0.25) is 0 Å². The number of rotatable bonds is 10. The van der Waals surface area contributed by atoms with Gasteiger partial charge in [0.05, 0.1) is 19.3 Å². The van der Waals surface area contributed by atoms with Crippen molar-refractivity contribution < 1.29 is 9.84 Å². The zero-order valence-corrected chi connectivity index (χ0v) is 17.3. The lowest BCUT2D eigenvalue weighted by atomic mass is 9.49. The van der Waals surface area contributed by atoms with E-state index in [1.165, 1.54) is 24.0 Å². The molecule has 0 saturated heterocycles. The Morgan fingerprint density at radius 1 is 1.22 bits per heavy atom. The van der Waals surface area contributed by atoms with E-state index < -0.39 is 6.10 Å². The molecular formula is C23H36N2O2. The summed E-state index contributed by atoms with van der Waals surface area (Å²) in [6.45, 7) is 7.17. The highest BCUT2D eigenvalue weighted by Crippen LogP contribution is 2.59. The Kier molecular flexibility index (Phi) is 6.74. The van der Waals surface area contributed by atoms with Gasteiger partial charge >= 0.3 is 0 Å². The lowest BCUT2D eigenvalue weighted by Gasteiger charge is -2.56. The highest BCUT2D eigenvalue weighted by Gasteiger charge is 2.50. The number of allylic oxidation sites excluding steroid dienone is 1. The fraction of sp³-hybridized carbons (Fsp3) is 0.652. The number of ether oxygens (including phenoxy) is 1. The summed E-state index contributed by atoms with van der Waals surface area (Å²) >= 11 is 0. The van der Waals surface area contributed by atoms with E-state index in [4.69, 9.17) is 4.74 Å². The van der Waals surface area contributed by atoms with Gasteiger partial charge in [-0.2, -0.15) is 0 Å². The lowest BCUT2D eigenvalue weighted by Crippen LogP contribution is -2.48. The van der Waals surface area contributed by atoms with Gasteiger partial charge in [0.15, 0.2) is 0 Å². The summed E-state index contributed by atoms with van der Waals surface area (Å²) in [4.78, 5) is 2.20. The summed E-state index contributed by atoms with van der Waals surface area (Å²) in [7, 11) is 4.17. The molecule has 1 aromatic rings. The normalized spacial score (nSPS) is 25.6. The van der Waals surface area contributed by atoms with Crippen LogP contribution in [0.3, 0.4) is 0 Å². The number of aliphatic hydroxyl groups excluding tert-OH is 1. The van der Waals surface area contributed by atoms with Gasteiger partial charge in [0.2, 0.25) is 0 Å². The van der Waals surface area contributed by atoms with E-state index in [9.17, 15) is 5.11 Å². The number of nitrogens with one attached hydrogen (secondary N) is 1. The summed E-state index contributed by atoms with van der Waals surface area (Å²) in [5.41, 5.74) is 3.16. The molecule has 0 unspecified atom stereocenters. The molecule has 0 radical (unpaired) electrons. The van der Waals surface area contributed by atoms with Crippen molar-refractivity contribution in [3.05, 3.63) is 47.5 Å². The van der Waals surface area contributed by atoms with Crippen molar-refractivity contribution in [2.45, 2.75) is 38.8 Å². The maximum Gasteiger partial charge on any atom is 0.0897 e. The minimum absolute atomic E-state index is 0.292. The van der Waals surface area contributed by atoms with Crippen LogP contribution in [0.15, 0.2) is 42.0 Å².